The third-order valence-corrected chi connectivity index (χ3v) is 2.82. The number of methoxy groups -OCH3 is 1. The fraction of sp³-hybridized carbons (Fsp3) is 0.182. The molecule has 0 bridgehead atoms. The number of thiazole rings is 1. The average molecular weight is 236 g/mol. The molecule has 0 saturated carbocycles. The summed E-state index contributed by atoms with van der Waals surface area (Å²) in [6.07, 6.45) is 0. The number of nitrogens with zero attached hydrogens (tertiary/aromatic N) is 1. The molecule has 0 saturated heterocycles. The van der Waals surface area contributed by atoms with Gasteiger partial charge in [-0.1, -0.05) is 11.3 Å². The van der Waals surface area contributed by atoms with E-state index < -0.39 is 0 Å². The molecule has 2 aromatic rings. The highest BCUT2D eigenvalue weighted by atomic mass is 32.1. The molecule has 16 heavy (non-hydrogen) atoms. The Hall–Kier alpha value is -1.75. The molecule has 1 aromatic heterocycles. The summed E-state index contributed by atoms with van der Waals surface area (Å²) in [5, 5.41) is 2.51. The standard InChI is InChI=1S/C11H12N2O2S/c1-7-6-16-11(13-7)15-10-5-8(12)3-4-9(10)14-2/h3-6H,12H2,1-2H3. The highest BCUT2D eigenvalue weighted by Gasteiger charge is 2.08. The average Bonchev–Trinajstić information content (AvgIpc) is 2.64. The molecule has 0 spiro atoms. The Morgan fingerprint density at radius 3 is 2.75 bits per heavy atom. The number of rotatable bonds is 3. The summed E-state index contributed by atoms with van der Waals surface area (Å²) in [5.74, 6) is 1.22. The van der Waals surface area contributed by atoms with Gasteiger partial charge in [0.1, 0.15) is 0 Å². The van der Waals surface area contributed by atoms with E-state index in [2.05, 4.69) is 4.98 Å². The molecule has 84 valence electrons. The van der Waals surface area contributed by atoms with E-state index in [-0.39, 0.29) is 0 Å². The van der Waals surface area contributed by atoms with Gasteiger partial charge in [0.05, 0.1) is 12.8 Å². The minimum absolute atomic E-state index is 0.580. The van der Waals surface area contributed by atoms with Gasteiger partial charge in [0, 0.05) is 17.1 Å². The lowest BCUT2D eigenvalue weighted by atomic mass is 10.3. The Morgan fingerprint density at radius 1 is 1.31 bits per heavy atom. The fourth-order valence-corrected chi connectivity index (χ4v) is 1.91. The summed E-state index contributed by atoms with van der Waals surface area (Å²) in [5.41, 5.74) is 7.25. The van der Waals surface area contributed by atoms with Crippen molar-refractivity contribution in [3.05, 3.63) is 29.3 Å². The third kappa shape index (κ3) is 2.25. The molecule has 1 heterocycles. The Balaban J connectivity index is 2.29. The molecule has 0 fully saturated rings. The SMILES string of the molecule is COc1ccc(N)cc1Oc1nc(C)cs1. The van der Waals surface area contributed by atoms with Crippen molar-refractivity contribution >= 4 is 17.0 Å². The van der Waals surface area contributed by atoms with Crippen LogP contribution in [0.5, 0.6) is 16.7 Å². The van der Waals surface area contributed by atoms with Gasteiger partial charge >= 0.3 is 0 Å². The molecule has 4 nitrogen and oxygen atoms in total. The smallest absolute Gasteiger partial charge is 0.279 e. The summed E-state index contributed by atoms with van der Waals surface area (Å²) in [6, 6.07) is 5.25. The molecule has 0 aliphatic carbocycles. The van der Waals surface area contributed by atoms with Crippen LogP contribution < -0.4 is 15.2 Å². The van der Waals surface area contributed by atoms with Crippen molar-refractivity contribution < 1.29 is 9.47 Å². The molecular formula is C11H12N2O2S. The van der Waals surface area contributed by atoms with Gasteiger partial charge in [-0.15, -0.1) is 0 Å². The van der Waals surface area contributed by atoms with Gasteiger partial charge in [0.2, 0.25) is 0 Å². The minimum Gasteiger partial charge on any atom is -0.493 e. The van der Waals surface area contributed by atoms with E-state index in [9.17, 15) is 0 Å². The number of aryl methyl sites for hydroxylation is 1. The van der Waals surface area contributed by atoms with Gasteiger partial charge in [-0.2, -0.15) is 0 Å². The van der Waals surface area contributed by atoms with E-state index >= 15 is 0 Å². The lowest BCUT2D eigenvalue weighted by Gasteiger charge is -2.08. The van der Waals surface area contributed by atoms with E-state index in [1.807, 2.05) is 12.3 Å². The van der Waals surface area contributed by atoms with Gasteiger partial charge in [-0.25, -0.2) is 4.98 Å². The summed E-state index contributed by atoms with van der Waals surface area (Å²) < 4.78 is 10.8. The Kier molecular flexibility index (Phi) is 2.96. The lowest BCUT2D eigenvalue weighted by molar-refractivity contribution is 0.378. The van der Waals surface area contributed by atoms with Crippen LogP contribution in [-0.4, -0.2) is 12.1 Å². The van der Waals surface area contributed by atoms with Gasteiger partial charge in [-0.3, -0.25) is 0 Å². The van der Waals surface area contributed by atoms with Gasteiger partial charge < -0.3 is 15.2 Å². The number of benzene rings is 1. The maximum atomic E-state index is 5.69. The zero-order chi connectivity index (χ0) is 11.5. The second kappa shape index (κ2) is 4.40. The highest BCUT2D eigenvalue weighted by Crippen LogP contribution is 2.34. The topological polar surface area (TPSA) is 57.4 Å². The first kappa shape index (κ1) is 10.8. The predicted octanol–water partition coefficient (Wildman–Crippen LogP) is 2.83. The van der Waals surface area contributed by atoms with Crippen molar-refractivity contribution in [1.82, 2.24) is 4.98 Å². The molecule has 0 aliphatic heterocycles. The van der Waals surface area contributed by atoms with Gasteiger partial charge in [0.25, 0.3) is 5.19 Å². The largest absolute Gasteiger partial charge is 0.493 e. The van der Waals surface area contributed by atoms with E-state index in [0.29, 0.717) is 22.4 Å². The Labute approximate surface area is 97.6 Å². The molecule has 0 amide bonds. The monoisotopic (exact) mass is 236 g/mol. The van der Waals surface area contributed by atoms with Crippen LogP contribution >= 0.6 is 11.3 Å². The fourth-order valence-electron chi connectivity index (χ4n) is 1.25. The van der Waals surface area contributed by atoms with Crippen LogP contribution in [0.1, 0.15) is 5.69 Å². The van der Waals surface area contributed by atoms with Crippen molar-refractivity contribution in [2.45, 2.75) is 6.92 Å². The molecule has 0 atom stereocenters. The van der Waals surface area contributed by atoms with Gasteiger partial charge in [-0.05, 0) is 19.1 Å². The Bertz CT molecular complexity index is 496. The maximum Gasteiger partial charge on any atom is 0.279 e. The summed E-state index contributed by atoms with van der Waals surface area (Å²) in [7, 11) is 1.59. The quantitative estimate of drug-likeness (QED) is 0.832. The first-order valence-corrected chi connectivity index (χ1v) is 5.60. The van der Waals surface area contributed by atoms with E-state index in [1.54, 1.807) is 25.3 Å². The number of nitrogens with two attached hydrogens (primary N) is 1. The first-order chi connectivity index (χ1) is 7.69. The maximum absolute atomic E-state index is 5.69. The summed E-state index contributed by atoms with van der Waals surface area (Å²) in [4.78, 5) is 4.21. The number of anilines is 1. The second-order valence-corrected chi connectivity index (χ2v) is 4.09. The number of hydrogen-bond acceptors (Lipinski definition) is 5. The summed E-state index contributed by atoms with van der Waals surface area (Å²) >= 11 is 1.44. The van der Waals surface area contributed by atoms with Crippen molar-refractivity contribution in [1.29, 1.82) is 0 Å². The lowest BCUT2D eigenvalue weighted by Crippen LogP contribution is -1.92. The van der Waals surface area contributed by atoms with Crippen LogP contribution in [-0.2, 0) is 0 Å². The molecule has 1 aromatic carbocycles. The van der Waals surface area contributed by atoms with E-state index in [4.69, 9.17) is 15.2 Å². The second-order valence-electron chi connectivity index (χ2n) is 3.27. The number of hydrogen-bond donors (Lipinski definition) is 1. The normalized spacial score (nSPS) is 10.1. The van der Waals surface area contributed by atoms with Crippen molar-refractivity contribution in [3.8, 4) is 16.7 Å². The van der Waals surface area contributed by atoms with E-state index in [0.717, 1.165) is 5.69 Å². The molecule has 2 N–H and O–H groups in total. The van der Waals surface area contributed by atoms with Crippen LogP contribution in [0.4, 0.5) is 5.69 Å². The molecule has 0 aliphatic rings. The van der Waals surface area contributed by atoms with Crippen LogP contribution in [0.25, 0.3) is 0 Å². The molecule has 2 rings (SSSR count). The van der Waals surface area contributed by atoms with Crippen LogP contribution in [0.3, 0.4) is 0 Å². The minimum atomic E-state index is 0.580. The first-order valence-electron chi connectivity index (χ1n) is 4.72. The zero-order valence-corrected chi connectivity index (χ0v) is 9.88. The highest BCUT2D eigenvalue weighted by molar-refractivity contribution is 7.11. The molecule has 0 radical (unpaired) electrons. The molecular weight excluding hydrogens is 224 g/mol. The third-order valence-electron chi connectivity index (χ3n) is 1.98. The predicted molar refractivity (Wildman–Crippen MR) is 64.3 cm³/mol. The number of aromatic nitrogens is 1. The number of nitrogen functional groups attached to an aromatic ring is 1. The Morgan fingerprint density at radius 2 is 2.12 bits per heavy atom. The van der Waals surface area contributed by atoms with Crippen molar-refractivity contribution in [2.75, 3.05) is 12.8 Å². The van der Waals surface area contributed by atoms with Gasteiger partial charge in [0.15, 0.2) is 11.5 Å². The zero-order valence-electron chi connectivity index (χ0n) is 9.06. The van der Waals surface area contributed by atoms with Crippen molar-refractivity contribution in [2.24, 2.45) is 0 Å². The molecule has 0 unspecified atom stereocenters. The summed E-state index contributed by atoms with van der Waals surface area (Å²) in [6.45, 7) is 1.92. The van der Waals surface area contributed by atoms with Crippen molar-refractivity contribution in [3.63, 3.8) is 0 Å². The molecule has 5 heteroatoms. The van der Waals surface area contributed by atoms with Crippen LogP contribution in [0.15, 0.2) is 23.6 Å². The number of ether oxygens (including phenoxy) is 2. The van der Waals surface area contributed by atoms with Crippen LogP contribution in [0.2, 0.25) is 0 Å². The van der Waals surface area contributed by atoms with Crippen LogP contribution in [0, 0.1) is 6.92 Å². The van der Waals surface area contributed by atoms with E-state index in [1.165, 1.54) is 11.3 Å².